The van der Waals surface area contributed by atoms with Crippen molar-refractivity contribution in [3.8, 4) is 22.6 Å². The van der Waals surface area contributed by atoms with Gasteiger partial charge in [-0.25, -0.2) is 0 Å². The first-order valence-corrected chi connectivity index (χ1v) is 10.4. The van der Waals surface area contributed by atoms with Crippen molar-refractivity contribution in [2.24, 2.45) is 5.92 Å². The number of nitrogens with zero attached hydrogens (tertiary/aromatic N) is 2. The van der Waals surface area contributed by atoms with E-state index < -0.39 is 0 Å². The summed E-state index contributed by atoms with van der Waals surface area (Å²) >= 11 is 0. The van der Waals surface area contributed by atoms with Crippen LogP contribution in [0.2, 0.25) is 0 Å². The van der Waals surface area contributed by atoms with E-state index >= 15 is 0 Å². The highest BCUT2D eigenvalue weighted by molar-refractivity contribution is 5.95. The summed E-state index contributed by atoms with van der Waals surface area (Å²) in [4.78, 5) is 17.9. The number of carbonyl (C=O) groups is 1. The molecule has 0 radical (unpaired) electrons. The summed E-state index contributed by atoms with van der Waals surface area (Å²) < 4.78 is 10.8. The van der Waals surface area contributed by atoms with Gasteiger partial charge >= 0.3 is 0 Å². The van der Waals surface area contributed by atoms with Crippen molar-refractivity contribution in [3.63, 3.8) is 0 Å². The van der Waals surface area contributed by atoms with E-state index in [0.29, 0.717) is 12.0 Å². The van der Waals surface area contributed by atoms with Crippen molar-refractivity contribution in [3.05, 3.63) is 48.0 Å². The van der Waals surface area contributed by atoms with Gasteiger partial charge in [-0.2, -0.15) is 0 Å². The lowest BCUT2D eigenvalue weighted by Gasteiger charge is -2.30. The molecule has 5 heteroatoms. The lowest BCUT2D eigenvalue weighted by atomic mass is 9.98. The van der Waals surface area contributed by atoms with Crippen molar-refractivity contribution < 1.29 is 14.3 Å². The Morgan fingerprint density at radius 1 is 0.931 bits per heavy atom. The van der Waals surface area contributed by atoms with Gasteiger partial charge in [0.25, 0.3) is 5.91 Å². The van der Waals surface area contributed by atoms with Crippen LogP contribution in [0.25, 0.3) is 11.1 Å². The number of hydrogen-bond donors (Lipinski definition) is 0. The number of methoxy groups -OCH3 is 2. The molecule has 0 unspecified atom stereocenters. The highest BCUT2D eigenvalue weighted by Crippen LogP contribution is 2.31. The normalized spacial score (nSPS) is 22.1. The van der Waals surface area contributed by atoms with Crippen LogP contribution in [-0.4, -0.2) is 62.7 Å². The number of hydrogen-bond acceptors (Lipinski definition) is 4. The molecule has 2 heterocycles. The minimum absolute atomic E-state index is 0.133. The first-order valence-electron chi connectivity index (χ1n) is 10.4. The molecule has 29 heavy (non-hydrogen) atoms. The second kappa shape index (κ2) is 8.46. The monoisotopic (exact) mass is 394 g/mol. The van der Waals surface area contributed by atoms with E-state index in [1.165, 1.54) is 19.3 Å². The second-order valence-corrected chi connectivity index (χ2v) is 8.28. The third-order valence-corrected chi connectivity index (χ3v) is 6.31. The van der Waals surface area contributed by atoms with Gasteiger partial charge in [0.15, 0.2) is 0 Å². The molecule has 5 nitrogen and oxygen atoms in total. The van der Waals surface area contributed by atoms with Gasteiger partial charge in [0.05, 0.1) is 14.2 Å². The van der Waals surface area contributed by atoms with Gasteiger partial charge in [-0.3, -0.25) is 4.79 Å². The number of likely N-dealkylation sites (tertiary alicyclic amines) is 1. The fourth-order valence-corrected chi connectivity index (χ4v) is 4.68. The summed E-state index contributed by atoms with van der Waals surface area (Å²) in [6.07, 6.45) is 3.67. The number of carbonyl (C=O) groups excluding carboxylic acids is 1. The first-order chi connectivity index (χ1) is 14.1. The zero-order chi connectivity index (χ0) is 20.4. The maximum Gasteiger partial charge on any atom is 0.253 e. The standard InChI is InChI=1S/C24H30N2O3/c1-25-14-17-6-4-9-21(25)16-26(15-17)24(27)19-8-5-7-18(10-19)20-11-22(28-2)13-23(12-20)29-3/h5,7-8,10-13,17,21H,4,6,9,14-16H2,1-3H3/t17-,21-/m0/s1. The SMILES string of the molecule is COc1cc(OC)cc(-c2cccc(C(=O)N3C[C@H]4CCC[C@@H](C3)N(C)C4)c2)c1. The Kier molecular flexibility index (Phi) is 5.76. The summed E-state index contributed by atoms with van der Waals surface area (Å²) in [6, 6.07) is 14.2. The third-order valence-electron chi connectivity index (χ3n) is 6.31. The van der Waals surface area contributed by atoms with Gasteiger partial charge in [-0.05, 0) is 61.2 Å². The van der Waals surface area contributed by atoms with E-state index in [1.807, 2.05) is 42.5 Å². The number of fused-ring (bicyclic) bond motifs is 3. The summed E-state index contributed by atoms with van der Waals surface area (Å²) in [7, 11) is 5.49. The quantitative estimate of drug-likeness (QED) is 0.788. The molecule has 2 saturated heterocycles. The van der Waals surface area contributed by atoms with Gasteiger partial charge in [-0.1, -0.05) is 18.6 Å². The van der Waals surface area contributed by atoms with Crippen molar-refractivity contribution in [1.29, 1.82) is 0 Å². The van der Waals surface area contributed by atoms with Gasteiger partial charge in [0, 0.05) is 37.3 Å². The number of ether oxygens (including phenoxy) is 2. The van der Waals surface area contributed by atoms with E-state index in [2.05, 4.69) is 16.8 Å². The lowest BCUT2D eigenvalue weighted by Crippen LogP contribution is -2.42. The Morgan fingerprint density at radius 3 is 2.41 bits per heavy atom. The molecule has 2 aromatic rings. The highest BCUT2D eigenvalue weighted by Gasteiger charge is 2.33. The van der Waals surface area contributed by atoms with Crippen LogP contribution in [0.4, 0.5) is 0 Å². The van der Waals surface area contributed by atoms with Gasteiger partial charge in [0.1, 0.15) is 11.5 Å². The molecule has 0 spiro atoms. The molecule has 0 saturated carbocycles. The van der Waals surface area contributed by atoms with Crippen molar-refractivity contribution >= 4 is 5.91 Å². The van der Waals surface area contributed by atoms with Crippen LogP contribution in [0.5, 0.6) is 11.5 Å². The molecule has 2 bridgehead atoms. The number of rotatable bonds is 4. The molecule has 2 atom stereocenters. The zero-order valence-corrected chi connectivity index (χ0v) is 17.6. The first kappa shape index (κ1) is 19.8. The van der Waals surface area contributed by atoms with Crippen molar-refractivity contribution in [2.75, 3.05) is 40.9 Å². The zero-order valence-electron chi connectivity index (χ0n) is 17.6. The lowest BCUT2D eigenvalue weighted by molar-refractivity contribution is 0.0710. The molecule has 2 aromatic carbocycles. The molecule has 2 fully saturated rings. The predicted molar refractivity (Wildman–Crippen MR) is 115 cm³/mol. The van der Waals surface area contributed by atoms with E-state index in [1.54, 1.807) is 14.2 Å². The largest absolute Gasteiger partial charge is 0.497 e. The summed E-state index contributed by atoms with van der Waals surface area (Å²) in [6.45, 7) is 2.78. The number of amides is 1. The van der Waals surface area contributed by atoms with Crippen LogP contribution in [-0.2, 0) is 0 Å². The average Bonchev–Trinajstić information content (AvgIpc) is 3.01. The summed E-state index contributed by atoms with van der Waals surface area (Å²) in [5.74, 6) is 2.18. The fourth-order valence-electron chi connectivity index (χ4n) is 4.68. The van der Waals surface area contributed by atoms with E-state index in [0.717, 1.165) is 47.8 Å². The minimum atomic E-state index is 0.133. The Labute approximate surface area is 173 Å². The average molecular weight is 395 g/mol. The smallest absolute Gasteiger partial charge is 0.253 e. The minimum Gasteiger partial charge on any atom is -0.497 e. The van der Waals surface area contributed by atoms with E-state index in [4.69, 9.17) is 9.47 Å². The maximum atomic E-state index is 13.4. The maximum absolute atomic E-state index is 13.4. The molecule has 1 amide bonds. The Hall–Kier alpha value is -2.53. The highest BCUT2D eigenvalue weighted by atomic mass is 16.5. The topological polar surface area (TPSA) is 42.0 Å². The molecule has 0 aliphatic carbocycles. The molecule has 0 N–H and O–H groups in total. The molecule has 4 rings (SSSR count). The molecular weight excluding hydrogens is 364 g/mol. The van der Waals surface area contributed by atoms with Crippen LogP contribution in [0.15, 0.2) is 42.5 Å². The number of benzene rings is 2. The van der Waals surface area contributed by atoms with Crippen LogP contribution < -0.4 is 9.47 Å². The molecule has 0 aromatic heterocycles. The van der Waals surface area contributed by atoms with Crippen LogP contribution in [0, 0.1) is 5.92 Å². The Balaban J connectivity index is 1.61. The third kappa shape index (κ3) is 4.25. The molecular formula is C24H30N2O3. The molecule has 2 aliphatic rings. The summed E-state index contributed by atoms with van der Waals surface area (Å²) in [5, 5.41) is 0. The van der Waals surface area contributed by atoms with Crippen LogP contribution in [0.1, 0.15) is 29.6 Å². The number of likely N-dealkylation sites (N-methyl/N-ethyl adjacent to an activating group) is 1. The Bertz CT molecular complexity index is 860. The predicted octanol–water partition coefficient (Wildman–Crippen LogP) is 3.93. The van der Waals surface area contributed by atoms with Gasteiger partial charge in [-0.15, -0.1) is 0 Å². The molecule has 2 aliphatic heterocycles. The van der Waals surface area contributed by atoms with E-state index in [9.17, 15) is 4.79 Å². The second-order valence-electron chi connectivity index (χ2n) is 8.28. The van der Waals surface area contributed by atoms with Crippen LogP contribution >= 0.6 is 0 Å². The van der Waals surface area contributed by atoms with Crippen molar-refractivity contribution in [2.45, 2.75) is 25.3 Å². The van der Waals surface area contributed by atoms with Gasteiger partial charge < -0.3 is 19.3 Å². The van der Waals surface area contributed by atoms with Crippen LogP contribution in [0.3, 0.4) is 0 Å². The van der Waals surface area contributed by atoms with Crippen molar-refractivity contribution in [1.82, 2.24) is 9.80 Å². The van der Waals surface area contributed by atoms with E-state index in [-0.39, 0.29) is 5.91 Å². The van der Waals surface area contributed by atoms with Gasteiger partial charge in [0.2, 0.25) is 0 Å². The fraction of sp³-hybridized carbons (Fsp3) is 0.458. The molecule has 154 valence electrons. The Morgan fingerprint density at radius 2 is 1.69 bits per heavy atom. The summed E-state index contributed by atoms with van der Waals surface area (Å²) in [5.41, 5.74) is 2.70.